The first-order valence-electron chi connectivity index (χ1n) is 10.9. The molecule has 8 heteroatoms. The van der Waals surface area contributed by atoms with Gasteiger partial charge in [0.2, 0.25) is 5.91 Å². The first-order valence-corrected chi connectivity index (χ1v) is 13.3. The highest BCUT2D eigenvalue weighted by Crippen LogP contribution is 2.28. The van der Waals surface area contributed by atoms with Crippen molar-refractivity contribution >= 4 is 33.1 Å². The highest BCUT2D eigenvalue weighted by molar-refractivity contribution is 7.92. The van der Waals surface area contributed by atoms with E-state index in [4.69, 9.17) is 4.74 Å². The van der Waals surface area contributed by atoms with E-state index in [2.05, 4.69) is 4.72 Å². The molecule has 4 aromatic rings. The molecule has 0 spiro atoms. The number of hydrogen-bond acceptors (Lipinski definition) is 6. The van der Waals surface area contributed by atoms with Crippen LogP contribution in [0.5, 0.6) is 5.75 Å². The van der Waals surface area contributed by atoms with Gasteiger partial charge in [-0.05, 0) is 46.7 Å². The Morgan fingerprint density at radius 1 is 0.857 bits per heavy atom. The smallest absolute Gasteiger partial charge is 0.273 e. The van der Waals surface area contributed by atoms with Crippen LogP contribution < -0.4 is 9.46 Å². The minimum atomic E-state index is -3.85. The molecule has 4 rings (SSSR count). The van der Waals surface area contributed by atoms with Crippen LogP contribution in [0.25, 0.3) is 11.1 Å². The average molecular weight is 506 g/mol. The maximum absolute atomic E-state index is 12.4. The number of thiophene rings is 1. The molecule has 1 amide bonds. The largest absolute Gasteiger partial charge is 0.485 e. The molecule has 0 fully saturated rings. The number of aryl methyl sites for hydroxylation is 1. The summed E-state index contributed by atoms with van der Waals surface area (Å²) in [5, 5.41) is 1.64. The van der Waals surface area contributed by atoms with E-state index in [1.807, 2.05) is 60.7 Å². The van der Waals surface area contributed by atoms with Crippen LogP contribution in [0, 0.1) is 0 Å². The number of rotatable bonds is 10. The fourth-order valence-electron chi connectivity index (χ4n) is 3.55. The van der Waals surface area contributed by atoms with Crippen molar-refractivity contribution < 1.29 is 22.7 Å². The number of carbonyl (C=O) groups excluding carboxylic acids is 2. The minimum absolute atomic E-state index is 0.0172. The van der Waals surface area contributed by atoms with Crippen LogP contribution in [-0.4, -0.2) is 26.7 Å². The van der Waals surface area contributed by atoms with E-state index in [1.54, 1.807) is 29.6 Å². The third-order valence-electron chi connectivity index (χ3n) is 5.26. The zero-order valence-electron chi connectivity index (χ0n) is 18.7. The summed E-state index contributed by atoms with van der Waals surface area (Å²) >= 11 is 1.06. The highest BCUT2D eigenvalue weighted by atomic mass is 32.2. The van der Waals surface area contributed by atoms with Crippen molar-refractivity contribution in [2.75, 3.05) is 6.61 Å². The lowest BCUT2D eigenvalue weighted by molar-refractivity contribution is -0.119. The Labute approximate surface area is 208 Å². The number of ketones is 1. The normalized spacial score (nSPS) is 11.1. The molecule has 0 bridgehead atoms. The van der Waals surface area contributed by atoms with E-state index in [9.17, 15) is 18.0 Å². The van der Waals surface area contributed by atoms with Crippen LogP contribution in [0.1, 0.15) is 22.3 Å². The number of nitrogens with one attached hydrogen (secondary N) is 1. The molecule has 0 radical (unpaired) electrons. The van der Waals surface area contributed by atoms with Gasteiger partial charge in [0.1, 0.15) is 9.96 Å². The molecule has 1 heterocycles. The summed E-state index contributed by atoms with van der Waals surface area (Å²) in [6.07, 6.45) is 0.378. The van der Waals surface area contributed by atoms with Gasteiger partial charge in [0, 0.05) is 12.0 Å². The summed E-state index contributed by atoms with van der Waals surface area (Å²) < 4.78 is 32.5. The maximum Gasteiger partial charge on any atom is 0.273 e. The fourth-order valence-corrected chi connectivity index (χ4v) is 5.55. The van der Waals surface area contributed by atoms with Crippen LogP contribution in [-0.2, 0) is 21.2 Å². The van der Waals surface area contributed by atoms with Gasteiger partial charge in [-0.3, -0.25) is 9.59 Å². The number of Topliss-reactive ketones (excluding diaryl/α,β-unsaturated/α-hetero) is 1. The molecule has 3 aromatic carbocycles. The van der Waals surface area contributed by atoms with Gasteiger partial charge in [-0.1, -0.05) is 72.8 Å². The molecular weight excluding hydrogens is 482 g/mol. The molecule has 0 atom stereocenters. The number of hydrogen-bond donors (Lipinski definition) is 1. The summed E-state index contributed by atoms with van der Waals surface area (Å²) in [6, 6.07) is 27.0. The van der Waals surface area contributed by atoms with Crippen LogP contribution >= 0.6 is 11.3 Å². The number of amides is 1. The van der Waals surface area contributed by atoms with Crippen molar-refractivity contribution in [3.8, 4) is 16.9 Å². The molecule has 0 aliphatic carbocycles. The van der Waals surface area contributed by atoms with Gasteiger partial charge in [0.25, 0.3) is 10.0 Å². The van der Waals surface area contributed by atoms with Crippen molar-refractivity contribution in [3.05, 3.63) is 108 Å². The first kappa shape index (κ1) is 24.4. The Bertz CT molecular complexity index is 1410. The second-order valence-electron chi connectivity index (χ2n) is 7.72. The van der Waals surface area contributed by atoms with Crippen molar-refractivity contribution in [1.82, 2.24) is 4.72 Å². The molecule has 1 aromatic heterocycles. The summed E-state index contributed by atoms with van der Waals surface area (Å²) in [5.41, 5.74) is 3.26. The van der Waals surface area contributed by atoms with Gasteiger partial charge < -0.3 is 4.74 Å². The van der Waals surface area contributed by atoms with E-state index in [-0.39, 0.29) is 23.0 Å². The van der Waals surface area contributed by atoms with Crippen molar-refractivity contribution in [1.29, 1.82) is 0 Å². The molecular formula is C27H23NO5S2. The summed E-state index contributed by atoms with van der Waals surface area (Å²) in [5.74, 6) is -0.119. The quantitative estimate of drug-likeness (QED) is 0.302. The van der Waals surface area contributed by atoms with Crippen molar-refractivity contribution in [3.63, 3.8) is 0 Å². The minimum Gasteiger partial charge on any atom is -0.485 e. The summed E-state index contributed by atoms with van der Waals surface area (Å²) in [6.45, 7) is -0.0754. The van der Waals surface area contributed by atoms with Gasteiger partial charge in [0.15, 0.2) is 12.4 Å². The van der Waals surface area contributed by atoms with Crippen LogP contribution in [0.2, 0.25) is 0 Å². The average Bonchev–Trinajstić information content (AvgIpc) is 3.43. The zero-order valence-corrected chi connectivity index (χ0v) is 20.3. The van der Waals surface area contributed by atoms with Gasteiger partial charge in [-0.2, -0.15) is 0 Å². The van der Waals surface area contributed by atoms with Crippen LogP contribution in [0.15, 0.2) is 101 Å². The summed E-state index contributed by atoms with van der Waals surface area (Å²) in [4.78, 5) is 24.7. The van der Waals surface area contributed by atoms with Crippen molar-refractivity contribution in [2.24, 2.45) is 0 Å². The van der Waals surface area contributed by atoms with Gasteiger partial charge in [-0.15, -0.1) is 11.3 Å². The van der Waals surface area contributed by atoms with Crippen LogP contribution in [0.3, 0.4) is 0 Å². The number of benzene rings is 3. The van der Waals surface area contributed by atoms with Crippen molar-refractivity contribution in [2.45, 2.75) is 17.1 Å². The third kappa shape index (κ3) is 6.44. The molecule has 0 aliphatic heterocycles. The Kier molecular flexibility index (Phi) is 7.74. The lowest BCUT2D eigenvalue weighted by atomic mass is 9.96. The topological polar surface area (TPSA) is 89.5 Å². The number of carbonyl (C=O) groups is 2. The molecule has 0 aliphatic rings. The SMILES string of the molecule is O=C(CCc1ccccc1-c1cccc(OCC(=O)c2ccccc2)c1)NS(=O)(=O)c1cccs1. The maximum atomic E-state index is 12.4. The monoisotopic (exact) mass is 505 g/mol. The number of sulfonamides is 1. The molecule has 6 nitrogen and oxygen atoms in total. The van der Waals surface area contributed by atoms with E-state index >= 15 is 0 Å². The molecule has 178 valence electrons. The Balaban J connectivity index is 1.42. The molecule has 0 unspecified atom stereocenters. The van der Waals surface area contributed by atoms with E-state index in [0.29, 0.717) is 17.7 Å². The van der Waals surface area contributed by atoms with Gasteiger partial charge in [-0.25, -0.2) is 13.1 Å². The van der Waals surface area contributed by atoms with Gasteiger partial charge >= 0.3 is 0 Å². The molecule has 0 saturated carbocycles. The van der Waals surface area contributed by atoms with Gasteiger partial charge in [0.05, 0.1) is 0 Å². The second kappa shape index (κ2) is 11.1. The number of ether oxygens (including phenoxy) is 1. The third-order valence-corrected chi connectivity index (χ3v) is 8.03. The standard InChI is InChI=1S/C27H23NO5S2/c29-25(21-9-2-1-3-10-21)19-33-23-12-6-11-22(18-23)24-13-5-4-8-20(24)15-16-26(30)28-35(31,32)27-14-7-17-34-27/h1-14,17-18H,15-16,19H2,(H,28,30). The lowest BCUT2D eigenvalue weighted by Crippen LogP contribution is -2.30. The van der Waals surface area contributed by atoms with Crippen LogP contribution in [0.4, 0.5) is 0 Å². The molecule has 1 N–H and O–H groups in total. The summed E-state index contributed by atoms with van der Waals surface area (Å²) in [7, 11) is -3.85. The predicted octanol–water partition coefficient (Wildman–Crippen LogP) is 5.11. The zero-order chi connectivity index (χ0) is 24.7. The van der Waals surface area contributed by atoms with E-state index in [0.717, 1.165) is 28.0 Å². The van der Waals surface area contributed by atoms with E-state index < -0.39 is 15.9 Å². The lowest BCUT2D eigenvalue weighted by Gasteiger charge is -2.12. The first-order chi connectivity index (χ1) is 16.9. The van der Waals surface area contributed by atoms with E-state index in [1.165, 1.54) is 6.07 Å². The highest BCUT2D eigenvalue weighted by Gasteiger charge is 2.18. The predicted molar refractivity (Wildman–Crippen MR) is 136 cm³/mol. The molecule has 35 heavy (non-hydrogen) atoms. The Morgan fingerprint density at radius 3 is 2.40 bits per heavy atom. The molecule has 0 saturated heterocycles. The second-order valence-corrected chi connectivity index (χ2v) is 10.6. The Morgan fingerprint density at radius 2 is 1.63 bits per heavy atom. The fraction of sp³-hybridized carbons (Fsp3) is 0.111. The Hall–Kier alpha value is -3.75.